The standard InChI is InChI=1S/C34H36FN3O4S/c1-26(2)23-36-34(40)32(22-27-12-6-3-7-13-27)37(24-28-18-20-29(35)21-19-28)33(39)25-38(30-14-8-4-9-15-30)43(41,42)31-16-10-5-11-17-31/h3-21,26,32H,22-25H2,1-2H3,(H,36,40). The summed E-state index contributed by atoms with van der Waals surface area (Å²) >= 11 is 0. The predicted molar refractivity (Wildman–Crippen MR) is 166 cm³/mol. The van der Waals surface area contributed by atoms with Gasteiger partial charge in [-0.25, -0.2) is 12.8 Å². The lowest BCUT2D eigenvalue weighted by Crippen LogP contribution is -2.53. The molecular formula is C34H36FN3O4S. The molecule has 0 spiro atoms. The van der Waals surface area contributed by atoms with Crippen molar-refractivity contribution in [1.29, 1.82) is 0 Å². The van der Waals surface area contributed by atoms with Crippen molar-refractivity contribution in [3.8, 4) is 0 Å². The van der Waals surface area contributed by atoms with Crippen molar-refractivity contribution in [1.82, 2.24) is 10.2 Å². The molecular weight excluding hydrogens is 565 g/mol. The third-order valence-electron chi connectivity index (χ3n) is 6.88. The SMILES string of the molecule is CC(C)CNC(=O)C(Cc1ccccc1)N(Cc1ccc(F)cc1)C(=O)CN(c1ccccc1)S(=O)(=O)c1ccccc1. The van der Waals surface area contributed by atoms with Gasteiger partial charge in [0.15, 0.2) is 0 Å². The van der Waals surface area contributed by atoms with Crippen molar-refractivity contribution in [3.05, 3.63) is 132 Å². The molecule has 2 amide bonds. The largest absolute Gasteiger partial charge is 0.354 e. The maximum Gasteiger partial charge on any atom is 0.264 e. The highest BCUT2D eigenvalue weighted by molar-refractivity contribution is 7.92. The molecule has 1 atom stereocenters. The first-order valence-electron chi connectivity index (χ1n) is 14.1. The first-order chi connectivity index (χ1) is 20.6. The van der Waals surface area contributed by atoms with E-state index in [1.807, 2.05) is 44.2 Å². The van der Waals surface area contributed by atoms with Crippen LogP contribution in [0.2, 0.25) is 0 Å². The van der Waals surface area contributed by atoms with Crippen LogP contribution in [-0.2, 0) is 32.6 Å². The van der Waals surface area contributed by atoms with E-state index in [4.69, 9.17) is 0 Å². The molecule has 0 bridgehead atoms. The summed E-state index contributed by atoms with van der Waals surface area (Å²) in [5.41, 5.74) is 1.74. The maximum atomic E-state index is 14.3. The Labute approximate surface area is 253 Å². The van der Waals surface area contributed by atoms with Crippen molar-refractivity contribution in [3.63, 3.8) is 0 Å². The van der Waals surface area contributed by atoms with Crippen molar-refractivity contribution >= 4 is 27.5 Å². The molecule has 0 heterocycles. The molecule has 0 aliphatic heterocycles. The molecule has 0 saturated carbocycles. The van der Waals surface area contributed by atoms with Crippen LogP contribution in [0.25, 0.3) is 0 Å². The highest BCUT2D eigenvalue weighted by Gasteiger charge is 2.34. The smallest absolute Gasteiger partial charge is 0.264 e. The van der Waals surface area contributed by atoms with E-state index >= 15 is 0 Å². The van der Waals surface area contributed by atoms with Gasteiger partial charge in [0.2, 0.25) is 11.8 Å². The molecule has 1 unspecified atom stereocenters. The summed E-state index contributed by atoms with van der Waals surface area (Å²) in [5, 5.41) is 2.95. The van der Waals surface area contributed by atoms with E-state index in [1.165, 1.54) is 29.2 Å². The van der Waals surface area contributed by atoms with E-state index in [0.717, 1.165) is 9.87 Å². The number of nitrogens with one attached hydrogen (secondary N) is 1. The number of para-hydroxylation sites is 1. The number of benzene rings is 4. The summed E-state index contributed by atoms with van der Waals surface area (Å²) in [5.74, 6) is -1.19. The van der Waals surface area contributed by atoms with Gasteiger partial charge >= 0.3 is 0 Å². The zero-order chi connectivity index (χ0) is 30.8. The first kappa shape index (κ1) is 31.4. The number of carbonyl (C=O) groups excluding carboxylic acids is 2. The Morgan fingerprint density at radius 3 is 1.91 bits per heavy atom. The molecule has 4 aromatic carbocycles. The number of anilines is 1. The summed E-state index contributed by atoms with van der Waals surface area (Å²) < 4.78 is 42.6. The third-order valence-corrected chi connectivity index (χ3v) is 8.66. The minimum Gasteiger partial charge on any atom is -0.354 e. The second-order valence-electron chi connectivity index (χ2n) is 10.7. The summed E-state index contributed by atoms with van der Waals surface area (Å²) in [6.07, 6.45) is 0.203. The number of hydrogen-bond acceptors (Lipinski definition) is 4. The number of amides is 2. The zero-order valence-electron chi connectivity index (χ0n) is 24.3. The average molecular weight is 602 g/mol. The molecule has 7 nitrogen and oxygen atoms in total. The van der Waals surface area contributed by atoms with Crippen molar-refractivity contribution in [2.45, 2.75) is 37.8 Å². The summed E-state index contributed by atoms with van der Waals surface area (Å²) in [6, 6.07) is 30.3. The minimum atomic E-state index is -4.15. The van der Waals surface area contributed by atoms with E-state index < -0.39 is 34.3 Å². The molecule has 4 aromatic rings. The Hall–Kier alpha value is -4.50. The second-order valence-corrected chi connectivity index (χ2v) is 12.5. The van der Waals surface area contributed by atoms with Gasteiger partial charge in [-0.15, -0.1) is 0 Å². The van der Waals surface area contributed by atoms with Crippen LogP contribution in [0.5, 0.6) is 0 Å². The molecule has 224 valence electrons. The van der Waals surface area contributed by atoms with Crippen LogP contribution in [0.3, 0.4) is 0 Å². The second kappa shape index (κ2) is 14.6. The molecule has 0 aliphatic rings. The van der Waals surface area contributed by atoms with Crippen LogP contribution in [0.1, 0.15) is 25.0 Å². The van der Waals surface area contributed by atoms with Crippen LogP contribution in [0, 0.1) is 11.7 Å². The fourth-order valence-electron chi connectivity index (χ4n) is 4.61. The Bertz CT molecular complexity index is 1580. The predicted octanol–water partition coefficient (Wildman–Crippen LogP) is 5.43. The van der Waals surface area contributed by atoms with Gasteiger partial charge in [-0.2, -0.15) is 0 Å². The van der Waals surface area contributed by atoms with Gasteiger partial charge in [-0.1, -0.05) is 92.7 Å². The Morgan fingerprint density at radius 1 is 0.767 bits per heavy atom. The minimum absolute atomic E-state index is 0.0280. The van der Waals surface area contributed by atoms with Crippen LogP contribution in [0.15, 0.2) is 120 Å². The fourth-order valence-corrected chi connectivity index (χ4v) is 6.04. The number of hydrogen-bond donors (Lipinski definition) is 1. The number of nitrogens with zero attached hydrogens (tertiary/aromatic N) is 2. The molecule has 0 radical (unpaired) electrons. The molecule has 4 rings (SSSR count). The highest BCUT2D eigenvalue weighted by atomic mass is 32.2. The number of carbonyl (C=O) groups is 2. The lowest BCUT2D eigenvalue weighted by atomic mass is 10.0. The molecule has 0 fully saturated rings. The average Bonchev–Trinajstić information content (AvgIpc) is 3.02. The number of sulfonamides is 1. The monoisotopic (exact) mass is 601 g/mol. The van der Waals surface area contributed by atoms with Crippen molar-refractivity contribution < 1.29 is 22.4 Å². The van der Waals surface area contributed by atoms with Crippen molar-refractivity contribution in [2.24, 2.45) is 5.92 Å². The maximum absolute atomic E-state index is 14.3. The number of rotatable bonds is 13. The molecule has 9 heteroatoms. The number of halogens is 1. The van der Waals surface area contributed by atoms with Crippen LogP contribution >= 0.6 is 0 Å². The summed E-state index contributed by atoms with van der Waals surface area (Å²) in [7, 11) is -4.15. The van der Waals surface area contributed by atoms with Crippen molar-refractivity contribution in [2.75, 3.05) is 17.4 Å². The van der Waals surface area contributed by atoms with Gasteiger partial charge in [0.1, 0.15) is 18.4 Å². The van der Waals surface area contributed by atoms with Crippen LogP contribution in [-0.4, -0.2) is 44.3 Å². The lowest BCUT2D eigenvalue weighted by molar-refractivity contribution is -0.140. The molecule has 0 aliphatic carbocycles. The Balaban J connectivity index is 1.77. The molecule has 0 aromatic heterocycles. The molecule has 1 N–H and O–H groups in total. The van der Waals surface area contributed by atoms with Crippen LogP contribution in [0.4, 0.5) is 10.1 Å². The normalized spacial score (nSPS) is 12.0. The van der Waals surface area contributed by atoms with Gasteiger partial charge in [0.25, 0.3) is 10.0 Å². The van der Waals surface area contributed by atoms with Gasteiger partial charge < -0.3 is 10.2 Å². The van der Waals surface area contributed by atoms with E-state index in [0.29, 0.717) is 17.8 Å². The third kappa shape index (κ3) is 8.51. The zero-order valence-corrected chi connectivity index (χ0v) is 25.1. The van der Waals surface area contributed by atoms with Gasteiger partial charge in [-0.3, -0.25) is 13.9 Å². The van der Waals surface area contributed by atoms with E-state index in [2.05, 4.69) is 5.32 Å². The van der Waals surface area contributed by atoms with Gasteiger partial charge in [0, 0.05) is 19.5 Å². The fraction of sp³-hybridized carbons (Fsp3) is 0.235. The topological polar surface area (TPSA) is 86.8 Å². The van der Waals surface area contributed by atoms with E-state index in [-0.39, 0.29) is 29.7 Å². The summed E-state index contributed by atoms with van der Waals surface area (Å²) in [6.45, 7) is 3.77. The molecule has 43 heavy (non-hydrogen) atoms. The Kier molecular flexibility index (Phi) is 10.7. The van der Waals surface area contributed by atoms with E-state index in [9.17, 15) is 22.4 Å². The van der Waals surface area contributed by atoms with Gasteiger partial charge in [-0.05, 0) is 53.4 Å². The molecule has 0 saturated heterocycles. The van der Waals surface area contributed by atoms with Gasteiger partial charge in [0.05, 0.1) is 10.6 Å². The highest BCUT2D eigenvalue weighted by Crippen LogP contribution is 2.25. The Morgan fingerprint density at radius 2 is 1.33 bits per heavy atom. The first-order valence-corrected chi connectivity index (χ1v) is 15.6. The quantitative estimate of drug-likeness (QED) is 0.221. The van der Waals surface area contributed by atoms with E-state index in [1.54, 1.807) is 60.7 Å². The lowest BCUT2D eigenvalue weighted by Gasteiger charge is -2.34. The summed E-state index contributed by atoms with van der Waals surface area (Å²) in [4.78, 5) is 29.5. The van der Waals surface area contributed by atoms with Crippen LogP contribution < -0.4 is 9.62 Å².